The van der Waals surface area contributed by atoms with Gasteiger partial charge in [0.2, 0.25) is 5.91 Å². The summed E-state index contributed by atoms with van der Waals surface area (Å²) in [6.07, 6.45) is 1.87. The lowest BCUT2D eigenvalue weighted by atomic mass is 9.79. The quantitative estimate of drug-likeness (QED) is 0.643. The number of hydrazine groups is 1. The van der Waals surface area contributed by atoms with E-state index in [1.165, 1.54) is 0 Å². The predicted molar refractivity (Wildman–Crippen MR) is 71.3 cm³/mol. The third-order valence-corrected chi connectivity index (χ3v) is 4.89. The molecule has 0 unspecified atom stereocenters. The molecule has 1 aromatic carbocycles. The van der Waals surface area contributed by atoms with E-state index >= 15 is 0 Å². The second-order valence-corrected chi connectivity index (χ2v) is 5.90. The SMILES string of the molecule is O=C(NNc1ccccc1)[C@H]1[C@H]2C[C@@H]3[C@@H]1C(=O)O[C@@H]3C2. The molecule has 1 amide bonds. The van der Waals surface area contributed by atoms with E-state index in [4.69, 9.17) is 4.74 Å². The van der Waals surface area contributed by atoms with E-state index in [9.17, 15) is 9.59 Å². The van der Waals surface area contributed by atoms with Gasteiger partial charge >= 0.3 is 5.97 Å². The van der Waals surface area contributed by atoms with Crippen LogP contribution in [0, 0.1) is 23.7 Å². The van der Waals surface area contributed by atoms with Gasteiger partial charge in [-0.15, -0.1) is 0 Å². The summed E-state index contributed by atoms with van der Waals surface area (Å²) in [6, 6.07) is 9.45. The van der Waals surface area contributed by atoms with E-state index in [0.717, 1.165) is 18.5 Å². The molecule has 0 radical (unpaired) electrons. The van der Waals surface area contributed by atoms with Crippen LogP contribution in [-0.4, -0.2) is 18.0 Å². The fraction of sp³-hybridized carbons (Fsp3) is 0.467. The summed E-state index contributed by atoms with van der Waals surface area (Å²) in [6.45, 7) is 0. The number of para-hydroxylation sites is 1. The van der Waals surface area contributed by atoms with Crippen LogP contribution >= 0.6 is 0 Å². The number of esters is 1. The van der Waals surface area contributed by atoms with Crippen molar-refractivity contribution in [3.8, 4) is 0 Å². The molecular formula is C15H16N2O3. The average Bonchev–Trinajstić information content (AvgIpc) is 3.07. The van der Waals surface area contributed by atoms with Crippen molar-refractivity contribution in [3.05, 3.63) is 30.3 Å². The van der Waals surface area contributed by atoms with Gasteiger partial charge in [0.1, 0.15) is 6.10 Å². The molecule has 0 aromatic heterocycles. The van der Waals surface area contributed by atoms with Gasteiger partial charge < -0.3 is 4.74 Å². The van der Waals surface area contributed by atoms with Crippen molar-refractivity contribution in [2.24, 2.45) is 23.7 Å². The molecule has 1 saturated heterocycles. The number of rotatable bonds is 3. The first kappa shape index (κ1) is 11.8. The molecule has 4 rings (SSSR count). The van der Waals surface area contributed by atoms with Crippen LogP contribution in [0.2, 0.25) is 0 Å². The first-order valence-corrected chi connectivity index (χ1v) is 7.05. The van der Waals surface area contributed by atoms with Gasteiger partial charge in [0, 0.05) is 5.92 Å². The highest BCUT2D eigenvalue weighted by atomic mass is 16.6. The van der Waals surface area contributed by atoms with Gasteiger partial charge in [0.15, 0.2) is 0 Å². The third-order valence-electron chi connectivity index (χ3n) is 4.89. The minimum Gasteiger partial charge on any atom is -0.462 e. The zero-order chi connectivity index (χ0) is 13.7. The van der Waals surface area contributed by atoms with Crippen molar-refractivity contribution in [2.75, 3.05) is 5.43 Å². The number of amides is 1. The van der Waals surface area contributed by atoms with Crippen molar-refractivity contribution in [1.29, 1.82) is 0 Å². The van der Waals surface area contributed by atoms with Gasteiger partial charge in [-0.05, 0) is 30.9 Å². The van der Waals surface area contributed by atoms with Crippen LogP contribution in [0.5, 0.6) is 0 Å². The molecule has 2 N–H and O–H groups in total. The van der Waals surface area contributed by atoms with Crippen LogP contribution < -0.4 is 10.9 Å². The van der Waals surface area contributed by atoms with Crippen molar-refractivity contribution in [2.45, 2.75) is 18.9 Å². The lowest BCUT2D eigenvalue weighted by Crippen LogP contribution is -2.42. The summed E-state index contributed by atoms with van der Waals surface area (Å²) in [5.41, 5.74) is 6.46. The highest BCUT2D eigenvalue weighted by molar-refractivity contribution is 5.89. The van der Waals surface area contributed by atoms with Gasteiger partial charge in [0.25, 0.3) is 0 Å². The number of ether oxygens (including phenoxy) is 1. The molecule has 1 aliphatic heterocycles. The van der Waals surface area contributed by atoms with Gasteiger partial charge in [-0.25, -0.2) is 0 Å². The van der Waals surface area contributed by atoms with Gasteiger partial charge in [0.05, 0.1) is 17.5 Å². The zero-order valence-corrected chi connectivity index (χ0v) is 10.9. The summed E-state index contributed by atoms with van der Waals surface area (Å²) in [7, 11) is 0. The normalized spacial score (nSPS) is 36.8. The first-order chi connectivity index (χ1) is 9.74. The average molecular weight is 272 g/mol. The highest BCUT2D eigenvalue weighted by Crippen LogP contribution is 2.57. The van der Waals surface area contributed by atoms with Crippen molar-refractivity contribution in [1.82, 2.24) is 5.43 Å². The Morgan fingerprint density at radius 1 is 1.20 bits per heavy atom. The van der Waals surface area contributed by atoms with E-state index < -0.39 is 0 Å². The van der Waals surface area contributed by atoms with Gasteiger partial charge in [-0.3, -0.25) is 20.4 Å². The molecule has 1 aromatic rings. The maximum absolute atomic E-state index is 12.4. The van der Waals surface area contributed by atoms with E-state index in [2.05, 4.69) is 10.9 Å². The predicted octanol–water partition coefficient (Wildman–Crippen LogP) is 1.33. The van der Waals surface area contributed by atoms with Gasteiger partial charge in [-0.2, -0.15) is 0 Å². The van der Waals surface area contributed by atoms with Crippen molar-refractivity contribution < 1.29 is 14.3 Å². The first-order valence-electron chi connectivity index (χ1n) is 7.05. The topological polar surface area (TPSA) is 67.4 Å². The molecule has 2 aliphatic carbocycles. The van der Waals surface area contributed by atoms with Crippen LogP contribution in [0.25, 0.3) is 0 Å². The Labute approximate surface area is 116 Å². The second kappa shape index (κ2) is 4.23. The van der Waals surface area contributed by atoms with E-state index in [1.54, 1.807) is 0 Å². The number of hydrogen-bond donors (Lipinski definition) is 2. The summed E-state index contributed by atoms with van der Waals surface area (Å²) < 4.78 is 5.34. The maximum Gasteiger partial charge on any atom is 0.310 e. The molecule has 0 spiro atoms. The number of hydrogen-bond acceptors (Lipinski definition) is 4. The molecule has 2 saturated carbocycles. The largest absolute Gasteiger partial charge is 0.462 e. The molecule has 104 valence electrons. The molecule has 1 heterocycles. The number of anilines is 1. The molecule has 5 atom stereocenters. The molecule has 2 bridgehead atoms. The third kappa shape index (κ3) is 1.62. The Hall–Kier alpha value is -2.04. The highest BCUT2D eigenvalue weighted by Gasteiger charge is 2.63. The van der Waals surface area contributed by atoms with Crippen LogP contribution in [0.1, 0.15) is 12.8 Å². The van der Waals surface area contributed by atoms with Crippen LogP contribution in [0.15, 0.2) is 30.3 Å². The minimum absolute atomic E-state index is 0.0728. The fourth-order valence-corrected chi connectivity index (χ4v) is 4.10. The molecule has 3 fully saturated rings. The Morgan fingerprint density at radius 3 is 2.80 bits per heavy atom. The lowest BCUT2D eigenvalue weighted by Gasteiger charge is -2.23. The van der Waals surface area contributed by atoms with Crippen molar-refractivity contribution in [3.63, 3.8) is 0 Å². The minimum atomic E-state index is -0.234. The fourth-order valence-electron chi connectivity index (χ4n) is 4.10. The zero-order valence-electron chi connectivity index (χ0n) is 10.9. The summed E-state index contributed by atoms with van der Waals surface area (Å²) in [5, 5.41) is 0. The van der Waals surface area contributed by atoms with Gasteiger partial charge in [-0.1, -0.05) is 18.2 Å². The number of carbonyl (C=O) groups excluding carboxylic acids is 2. The molecule has 3 aliphatic rings. The van der Waals surface area contributed by atoms with Crippen LogP contribution in [0.4, 0.5) is 5.69 Å². The molecule has 5 heteroatoms. The second-order valence-electron chi connectivity index (χ2n) is 5.90. The van der Waals surface area contributed by atoms with E-state index in [0.29, 0.717) is 5.92 Å². The van der Waals surface area contributed by atoms with Crippen molar-refractivity contribution >= 4 is 17.6 Å². The standard InChI is InChI=1S/C15H16N2O3/c18-14(17-16-9-4-2-1-3-5-9)12-8-6-10-11(7-8)20-15(19)13(10)12/h1-5,8,10-13,16H,6-7H2,(H,17,18)/t8-,10-,11+,12-,13-/m0/s1. The maximum atomic E-state index is 12.4. The van der Waals surface area contributed by atoms with E-state index in [1.807, 2.05) is 30.3 Å². The number of fused-ring (bicyclic) bond motifs is 1. The monoisotopic (exact) mass is 272 g/mol. The molecule has 5 nitrogen and oxygen atoms in total. The lowest BCUT2D eigenvalue weighted by molar-refractivity contribution is -0.145. The smallest absolute Gasteiger partial charge is 0.310 e. The van der Waals surface area contributed by atoms with Crippen LogP contribution in [0.3, 0.4) is 0 Å². The summed E-state index contributed by atoms with van der Waals surface area (Å²) >= 11 is 0. The molecular weight excluding hydrogens is 256 g/mol. The number of carbonyl (C=O) groups is 2. The van der Waals surface area contributed by atoms with Crippen LogP contribution in [-0.2, 0) is 14.3 Å². The Balaban J connectivity index is 1.46. The summed E-state index contributed by atoms with van der Waals surface area (Å²) in [5.74, 6) is -0.179. The molecule has 20 heavy (non-hydrogen) atoms. The van der Waals surface area contributed by atoms with E-state index in [-0.39, 0.29) is 35.7 Å². The Morgan fingerprint density at radius 2 is 2.00 bits per heavy atom. The Bertz CT molecular complexity index is 557. The number of nitrogens with one attached hydrogen (secondary N) is 2. The Kier molecular flexibility index (Phi) is 2.49. The number of benzene rings is 1. The summed E-state index contributed by atoms with van der Waals surface area (Å²) in [4.78, 5) is 24.2.